The van der Waals surface area contributed by atoms with Crippen LogP contribution in [0.5, 0.6) is 0 Å². The van der Waals surface area contributed by atoms with Crippen LogP contribution in [0.4, 0.5) is 0 Å². The molecule has 0 bridgehead atoms. The number of amides is 1. The van der Waals surface area contributed by atoms with Gasteiger partial charge in [-0.15, -0.1) is 0 Å². The Morgan fingerprint density at radius 3 is 2.72 bits per heavy atom. The zero-order chi connectivity index (χ0) is 13.0. The molecule has 0 unspecified atom stereocenters. The summed E-state index contributed by atoms with van der Waals surface area (Å²) in [5.41, 5.74) is 2.67. The summed E-state index contributed by atoms with van der Waals surface area (Å²) in [5, 5.41) is 5.44. The van der Waals surface area contributed by atoms with E-state index in [0.717, 1.165) is 12.8 Å². The molecule has 2 aromatic rings. The Kier molecular flexibility index (Phi) is 3.98. The minimum Gasteiger partial charge on any atom is -0.356 e. The van der Waals surface area contributed by atoms with Crippen LogP contribution in [-0.4, -0.2) is 12.5 Å². The molecule has 94 valence electrons. The van der Waals surface area contributed by atoms with Crippen LogP contribution in [0.1, 0.15) is 25.0 Å². The summed E-state index contributed by atoms with van der Waals surface area (Å²) in [6.07, 6.45) is 1.92. The van der Waals surface area contributed by atoms with Gasteiger partial charge in [0.25, 0.3) is 0 Å². The second kappa shape index (κ2) is 5.67. The van der Waals surface area contributed by atoms with E-state index in [2.05, 4.69) is 48.6 Å². The number of aryl methyl sites for hydroxylation is 1. The van der Waals surface area contributed by atoms with E-state index in [4.69, 9.17) is 0 Å². The lowest BCUT2D eigenvalue weighted by atomic mass is 9.98. The molecule has 0 aliphatic rings. The van der Waals surface area contributed by atoms with Crippen molar-refractivity contribution in [2.24, 2.45) is 0 Å². The first-order chi connectivity index (χ1) is 8.70. The van der Waals surface area contributed by atoms with Crippen molar-refractivity contribution in [2.45, 2.75) is 26.7 Å². The van der Waals surface area contributed by atoms with Crippen molar-refractivity contribution >= 4 is 16.7 Å². The fourth-order valence-corrected chi connectivity index (χ4v) is 2.24. The maximum absolute atomic E-state index is 10.9. The maximum Gasteiger partial charge on any atom is 0.216 e. The Morgan fingerprint density at radius 2 is 2.00 bits per heavy atom. The lowest BCUT2D eigenvalue weighted by Gasteiger charge is -2.10. The topological polar surface area (TPSA) is 29.1 Å². The average molecular weight is 241 g/mol. The molecular formula is C16H19NO. The van der Waals surface area contributed by atoms with E-state index in [9.17, 15) is 4.79 Å². The monoisotopic (exact) mass is 241 g/mol. The third kappa shape index (κ3) is 2.89. The van der Waals surface area contributed by atoms with Crippen molar-refractivity contribution in [3.63, 3.8) is 0 Å². The predicted molar refractivity (Wildman–Crippen MR) is 75.7 cm³/mol. The van der Waals surface area contributed by atoms with Crippen LogP contribution in [0, 0.1) is 0 Å². The molecule has 1 amide bonds. The molecule has 0 heterocycles. The highest BCUT2D eigenvalue weighted by Gasteiger charge is 2.03. The zero-order valence-corrected chi connectivity index (χ0v) is 11.0. The summed E-state index contributed by atoms with van der Waals surface area (Å²) in [4.78, 5) is 10.9. The lowest BCUT2D eigenvalue weighted by Crippen LogP contribution is -2.22. The summed E-state index contributed by atoms with van der Waals surface area (Å²) >= 11 is 0. The molecule has 0 atom stereocenters. The smallest absolute Gasteiger partial charge is 0.216 e. The van der Waals surface area contributed by atoms with Gasteiger partial charge in [0.1, 0.15) is 0 Å². The zero-order valence-electron chi connectivity index (χ0n) is 11.0. The van der Waals surface area contributed by atoms with E-state index in [1.165, 1.54) is 21.9 Å². The van der Waals surface area contributed by atoms with E-state index >= 15 is 0 Å². The van der Waals surface area contributed by atoms with E-state index < -0.39 is 0 Å². The second-order valence-corrected chi connectivity index (χ2v) is 4.56. The molecule has 2 heteroatoms. The number of carbonyl (C=O) groups excluding carboxylic acids is 1. The Hall–Kier alpha value is -1.83. The molecular weight excluding hydrogens is 222 g/mol. The van der Waals surface area contributed by atoms with Gasteiger partial charge in [0.15, 0.2) is 0 Å². The molecule has 0 saturated heterocycles. The molecule has 0 aromatic heterocycles. The molecule has 2 nitrogen and oxygen atoms in total. The fourth-order valence-electron chi connectivity index (χ4n) is 2.24. The van der Waals surface area contributed by atoms with Crippen molar-refractivity contribution in [1.29, 1.82) is 0 Å². The molecule has 1 N–H and O–H groups in total. The predicted octanol–water partition coefficient (Wildman–Crippen LogP) is 3.08. The van der Waals surface area contributed by atoms with Crippen LogP contribution in [0.3, 0.4) is 0 Å². The molecule has 18 heavy (non-hydrogen) atoms. The van der Waals surface area contributed by atoms with Gasteiger partial charge in [0, 0.05) is 13.5 Å². The molecule has 0 aliphatic carbocycles. The number of benzene rings is 2. The van der Waals surface area contributed by atoms with Gasteiger partial charge in [-0.05, 0) is 34.7 Å². The molecule has 2 aromatic carbocycles. The normalized spacial score (nSPS) is 10.6. The van der Waals surface area contributed by atoms with E-state index in [1.54, 1.807) is 6.92 Å². The van der Waals surface area contributed by atoms with Gasteiger partial charge in [-0.1, -0.05) is 43.3 Å². The molecule has 0 saturated carbocycles. The van der Waals surface area contributed by atoms with Gasteiger partial charge in [-0.25, -0.2) is 0 Å². The minimum atomic E-state index is 0.0333. The Balaban J connectivity index is 2.31. The second-order valence-electron chi connectivity index (χ2n) is 4.56. The van der Waals surface area contributed by atoms with Crippen molar-refractivity contribution < 1.29 is 4.79 Å². The van der Waals surface area contributed by atoms with Crippen molar-refractivity contribution in [2.75, 3.05) is 6.54 Å². The number of carbonyl (C=O) groups is 1. The van der Waals surface area contributed by atoms with Crippen LogP contribution >= 0.6 is 0 Å². The van der Waals surface area contributed by atoms with Crippen molar-refractivity contribution in [3.05, 3.63) is 47.5 Å². The van der Waals surface area contributed by atoms with E-state index in [-0.39, 0.29) is 5.91 Å². The van der Waals surface area contributed by atoms with Gasteiger partial charge in [-0.2, -0.15) is 0 Å². The molecule has 0 aliphatic heterocycles. The van der Waals surface area contributed by atoms with Crippen molar-refractivity contribution in [1.82, 2.24) is 5.32 Å². The van der Waals surface area contributed by atoms with Gasteiger partial charge in [-0.3, -0.25) is 4.79 Å². The molecule has 2 rings (SSSR count). The largest absolute Gasteiger partial charge is 0.356 e. The average Bonchev–Trinajstić information content (AvgIpc) is 2.38. The van der Waals surface area contributed by atoms with Crippen LogP contribution in [0.2, 0.25) is 0 Å². The SMILES string of the molecule is CCc1cc(CCNC(C)=O)c2ccccc2c1. The summed E-state index contributed by atoms with van der Waals surface area (Å²) in [5.74, 6) is 0.0333. The van der Waals surface area contributed by atoms with Gasteiger partial charge in [0.2, 0.25) is 5.91 Å². The molecule has 0 radical (unpaired) electrons. The van der Waals surface area contributed by atoms with Gasteiger partial charge in [0.05, 0.1) is 0 Å². The molecule has 0 spiro atoms. The van der Waals surface area contributed by atoms with Crippen LogP contribution in [-0.2, 0) is 17.6 Å². The van der Waals surface area contributed by atoms with Gasteiger partial charge >= 0.3 is 0 Å². The van der Waals surface area contributed by atoms with Crippen molar-refractivity contribution in [3.8, 4) is 0 Å². The standard InChI is InChI=1S/C16H19NO/c1-3-13-10-14-6-4-5-7-16(14)15(11-13)8-9-17-12(2)18/h4-7,10-11H,3,8-9H2,1-2H3,(H,17,18). The van der Waals surface area contributed by atoms with E-state index in [0.29, 0.717) is 6.54 Å². The Bertz CT molecular complexity index is 560. The highest BCUT2D eigenvalue weighted by Crippen LogP contribution is 2.21. The maximum atomic E-state index is 10.9. The first-order valence-corrected chi connectivity index (χ1v) is 6.45. The first-order valence-electron chi connectivity index (χ1n) is 6.45. The van der Waals surface area contributed by atoms with Gasteiger partial charge < -0.3 is 5.32 Å². The summed E-state index contributed by atoms with van der Waals surface area (Å²) in [6, 6.07) is 12.9. The quantitative estimate of drug-likeness (QED) is 0.875. The lowest BCUT2D eigenvalue weighted by molar-refractivity contribution is -0.118. The Morgan fingerprint density at radius 1 is 1.22 bits per heavy atom. The first kappa shape index (κ1) is 12.6. The number of hydrogen-bond donors (Lipinski definition) is 1. The Labute approximate surface area is 108 Å². The highest BCUT2D eigenvalue weighted by atomic mass is 16.1. The third-order valence-electron chi connectivity index (χ3n) is 3.18. The van der Waals surface area contributed by atoms with Crippen LogP contribution < -0.4 is 5.32 Å². The summed E-state index contributed by atoms with van der Waals surface area (Å²) in [7, 11) is 0. The third-order valence-corrected chi connectivity index (χ3v) is 3.18. The van der Waals surface area contributed by atoms with E-state index in [1.807, 2.05) is 0 Å². The highest BCUT2D eigenvalue weighted by molar-refractivity contribution is 5.86. The number of hydrogen-bond acceptors (Lipinski definition) is 1. The number of nitrogens with one attached hydrogen (secondary N) is 1. The summed E-state index contributed by atoms with van der Waals surface area (Å²) < 4.78 is 0. The van der Waals surface area contributed by atoms with Crippen LogP contribution in [0.15, 0.2) is 36.4 Å². The molecule has 0 fully saturated rings. The number of rotatable bonds is 4. The summed E-state index contributed by atoms with van der Waals surface area (Å²) in [6.45, 7) is 4.43. The van der Waals surface area contributed by atoms with Crippen LogP contribution in [0.25, 0.3) is 10.8 Å². The minimum absolute atomic E-state index is 0.0333. The fraction of sp³-hybridized carbons (Fsp3) is 0.312. The number of fused-ring (bicyclic) bond motifs is 1.